The summed E-state index contributed by atoms with van der Waals surface area (Å²) in [4.78, 5) is 12.0. The maximum Gasteiger partial charge on any atom is 0.231 e. The molecule has 0 radical (unpaired) electrons. The fourth-order valence-corrected chi connectivity index (χ4v) is 2.06. The predicted molar refractivity (Wildman–Crippen MR) is 67.3 cm³/mol. The molecule has 0 bridgehead atoms. The lowest BCUT2D eigenvalue weighted by Gasteiger charge is -2.05. The molecule has 0 amide bonds. The van der Waals surface area contributed by atoms with Crippen LogP contribution in [-0.2, 0) is 0 Å². The summed E-state index contributed by atoms with van der Waals surface area (Å²) >= 11 is 0. The number of Topliss-reactive ketones (excluding diaryl/α,β-unsaturated/α-hetero) is 1. The van der Waals surface area contributed by atoms with Gasteiger partial charge in [0, 0.05) is 6.07 Å². The smallest absolute Gasteiger partial charge is 0.231 e. The van der Waals surface area contributed by atoms with Crippen LogP contribution >= 0.6 is 0 Å². The lowest BCUT2D eigenvalue weighted by atomic mass is 10.1. The molecule has 3 rings (SSSR count). The van der Waals surface area contributed by atoms with Crippen LogP contribution in [0.3, 0.4) is 0 Å². The lowest BCUT2D eigenvalue weighted by molar-refractivity contribution is 0.101. The standard InChI is InChI=1S/C15H5F5O3/c16-10-7(11(17)13(19)14(20)12(10)18)4-9-15(22)6-2-1-5(21)3-8(6)23-9/h1-4,21H/b9-4-. The molecule has 23 heavy (non-hydrogen) atoms. The zero-order chi connectivity index (χ0) is 16.9. The van der Waals surface area contributed by atoms with Crippen LogP contribution in [-0.4, -0.2) is 10.9 Å². The van der Waals surface area contributed by atoms with Crippen LogP contribution in [0.4, 0.5) is 22.0 Å². The maximum atomic E-state index is 13.6. The van der Waals surface area contributed by atoms with E-state index in [0.29, 0.717) is 6.08 Å². The van der Waals surface area contributed by atoms with Gasteiger partial charge in [0.15, 0.2) is 29.0 Å². The Hall–Kier alpha value is -2.90. The molecule has 0 aromatic heterocycles. The third-order valence-corrected chi connectivity index (χ3v) is 3.17. The SMILES string of the molecule is O=C1/C(=C/c2c(F)c(F)c(F)c(F)c2F)Oc2cc(O)ccc21. The monoisotopic (exact) mass is 328 g/mol. The van der Waals surface area contributed by atoms with Crippen molar-refractivity contribution in [1.29, 1.82) is 0 Å². The largest absolute Gasteiger partial charge is 0.508 e. The van der Waals surface area contributed by atoms with Gasteiger partial charge in [0.1, 0.15) is 11.5 Å². The van der Waals surface area contributed by atoms with Crippen molar-refractivity contribution < 1.29 is 36.6 Å². The van der Waals surface area contributed by atoms with E-state index in [4.69, 9.17) is 4.74 Å². The number of hydrogen-bond acceptors (Lipinski definition) is 3. The summed E-state index contributed by atoms with van der Waals surface area (Å²) in [6.45, 7) is 0. The number of ketones is 1. The van der Waals surface area contributed by atoms with Crippen molar-refractivity contribution >= 4 is 11.9 Å². The molecule has 118 valence electrons. The number of benzene rings is 2. The average Bonchev–Trinajstić information content (AvgIpc) is 2.83. The summed E-state index contributed by atoms with van der Waals surface area (Å²) in [5, 5.41) is 9.28. The highest BCUT2D eigenvalue weighted by molar-refractivity contribution is 6.14. The van der Waals surface area contributed by atoms with Crippen LogP contribution < -0.4 is 4.74 Å². The van der Waals surface area contributed by atoms with Gasteiger partial charge < -0.3 is 9.84 Å². The number of ether oxygens (including phenoxy) is 1. The van der Waals surface area contributed by atoms with Crippen LogP contribution in [0.1, 0.15) is 15.9 Å². The average molecular weight is 328 g/mol. The van der Waals surface area contributed by atoms with Gasteiger partial charge in [0.25, 0.3) is 0 Å². The second kappa shape index (κ2) is 5.08. The number of phenolic OH excluding ortho intramolecular Hbond substituents is 1. The van der Waals surface area contributed by atoms with Gasteiger partial charge in [-0.05, 0) is 18.2 Å². The topological polar surface area (TPSA) is 46.5 Å². The minimum atomic E-state index is -2.30. The number of carbonyl (C=O) groups excluding carboxylic acids is 1. The van der Waals surface area contributed by atoms with Crippen LogP contribution in [0.2, 0.25) is 0 Å². The van der Waals surface area contributed by atoms with Crippen molar-refractivity contribution in [1.82, 2.24) is 0 Å². The van der Waals surface area contributed by atoms with E-state index >= 15 is 0 Å². The molecule has 0 saturated carbocycles. The highest BCUT2D eigenvalue weighted by Crippen LogP contribution is 2.35. The zero-order valence-electron chi connectivity index (χ0n) is 11.0. The summed E-state index contributed by atoms with van der Waals surface area (Å²) in [6.07, 6.45) is 0.426. The Bertz CT molecular complexity index is 860. The zero-order valence-corrected chi connectivity index (χ0v) is 11.0. The van der Waals surface area contributed by atoms with E-state index < -0.39 is 46.2 Å². The van der Waals surface area contributed by atoms with E-state index in [9.17, 15) is 31.9 Å². The molecular weight excluding hydrogens is 323 g/mol. The fourth-order valence-electron chi connectivity index (χ4n) is 2.06. The molecular formula is C15H5F5O3. The van der Waals surface area contributed by atoms with Crippen LogP contribution in [0.15, 0.2) is 24.0 Å². The molecule has 3 nitrogen and oxygen atoms in total. The van der Waals surface area contributed by atoms with Crippen LogP contribution in [0.5, 0.6) is 11.5 Å². The number of allylic oxidation sites excluding steroid dienone is 1. The van der Waals surface area contributed by atoms with Crippen LogP contribution in [0, 0.1) is 29.1 Å². The van der Waals surface area contributed by atoms with Gasteiger partial charge in [0.2, 0.25) is 11.6 Å². The van der Waals surface area contributed by atoms with Crippen molar-refractivity contribution in [3.05, 3.63) is 64.2 Å². The number of carbonyl (C=O) groups is 1. The number of fused-ring (bicyclic) bond motifs is 1. The molecule has 0 unspecified atom stereocenters. The van der Waals surface area contributed by atoms with Crippen LogP contribution in [0.25, 0.3) is 6.08 Å². The summed E-state index contributed by atoms with van der Waals surface area (Å²) in [7, 11) is 0. The van der Waals surface area contributed by atoms with Gasteiger partial charge in [-0.25, -0.2) is 22.0 Å². The molecule has 1 aliphatic heterocycles. The maximum absolute atomic E-state index is 13.6. The second-order valence-corrected chi connectivity index (χ2v) is 4.60. The first-order valence-electron chi connectivity index (χ1n) is 6.10. The molecule has 1 heterocycles. The van der Waals surface area contributed by atoms with Gasteiger partial charge in [-0.1, -0.05) is 0 Å². The summed E-state index contributed by atoms with van der Waals surface area (Å²) in [6, 6.07) is 3.46. The highest BCUT2D eigenvalue weighted by atomic mass is 19.2. The van der Waals surface area contributed by atoms with E-state index in [0.717, 1.165) is 6.07 Å². The summed E-state index contributed by atoms with van der Waals surface area (Å²) in [5.41, 5.74) is -1.31. The third-order valence-electron chi connectivity index (χ3n) is 3.17. The number of hydrogen-bond donors (Lipinski definition) is 1. The summed E-state index contributed by atoms with van der Waals surface area (Å²) in [5.74, 6) is -12.5. The minimum absolute atomic E-state index is 0.0158. The Morgan fingerprint density at radius 3 is 2.09 bits per heavy atom. The Morgan fingerprint density at radius 2 is 1.48 bits per heavy atom. The number of halogens is 5. The lowest BCUT2D eigenvalue weighted by Crippen LogP contribution is -2.06. The molecule has 0 saturated heterocycles. The number of rotatable bonds is 1. The predicted octanol–water partition coefficient (Wildman–Crippen LogP) is 3.70. The molecule has 1 N–H and O–H groups in total. The number of aromatic hydroxyl groups is 1. The molecule has 0 atom stereocenters. The minimum Gasteiger partial charge on any atom is -0.508 e. The fraction of sp³-hybridized carbons (Fsp3) is 0. The van der Waals surface area contributed by atoms with E-state index in [-0.39, 0.29) is 17.1 Å². The second-order valence-electron chi connectivity index (χ2n) is 4.60. The molecule has 0 fully saturated rings. The Morgan fingerprint density at radius 1 is 0.913 bits per heavy atom. The van der Waals surface area contributed by atoms with Gasteiger partial charge in [-0.15, -0.1) is 0 Å². The Balaban J connectivity index is 2.13. The molecule has 0 aliphatic carbocycles. The molecule has 2 aromatic carbocycles. The van der Waals surface area contributed by atoms with Gasteiger partial charge >= 0.3 is 0 Å². The van der Waals surface area contributed by atoms with E-state index in [1.54, 1.807) is 0 Å². The Kier molecular flexibility index (Phi) is 3.32. The normalized spacial score (nSPS) is 15.0. The third kappa shape index (κ3) is 2.23. The van der Waals surface area contributed by atoms with Crippen molar-refractivity contribution in [3.8, 4) is 11.5 Å². The summed E-state index contributed by atoms with van der Waals surface area (Å²) < 4.78 is 71.5. The van der Waals surface area contributed by atoms with Crippen molar-refractivity contribution in [2.75, 3.05) is 0 Å². The molecule has 0 spiro atoms. The molecule has 2 aromatic rings. The first-order chi connectivity index (χ1) is 10.8. The number of phenols is 1. The Labute approximate surface area is 125 Å². The van der Waals surface area contributed by atoms with E-state index in [1.165, 1.54) is 12.1 Å². The van der Waals surface area contributed by atoms with Crippen molar-refractivity contribution in [2.45, 2.75) is 0 Å². The molecule has 1 aliphatic rings. The van der Waals surface area contributed by atoms with E-state index in [2.05, 4.69) is 0 Å². The van der Waals surface area contributed by atoms with Gasteiger partial charge in [-0.2, -0.15) is 0 Å². The van der Waals surface area contributed by atoms with Gasteiger partial charge in [-0.3, -0.25) is 4.79 Å². The van der Waals surface area contributed by atoms with Crippen molar-refractivity contribution in [2.24, 2.45) is 0 Å². The first kappa shape index (κ1) is 15.0. The molecule has 8 heteroatoms. The highest BCUT2D eigenvalue weighted by Gasteiger charge is 2.30. The quantitative estimate of drug-likeness (QED) is 0.376. The first-order valence-corrected chi connectivity index (χ1v) is 6.10. The van der Waals surface area contributed by atoms with Gasteiger partial charge in [0.05, 0.1) is 11.1 Å². The van der Waals surface area contributed by atoms with E-state index in [1.807, 2.05) is 0 Å². The van der Waals surface area contributed by atoms with Crippen molar-refractivity contribution in [3.63, 3.8) is 0 Å².